The Kier molecular flexibility index (Phi) is 5.70. The van der Waals surface area contributed by atoms with Crippen molar-refractivity contribution in [2.45, 2.75) is 6.42 Å². The summed E-state index contributed by atoms with van der Waals surface area (Å²) in [7, 11) is 1.64. The minimum Gasteiger partial charge on any atom is -0.497 e. The van der Waals surface area contributed by atoms with Crippen LogP contribution in [0.1, 0.15) is 16.7 Å². The van der Waals surface area contributed by atoms with Gasteiger partial charge in [-0.3, -0.25) is 9.55 Å². The highest BCUT2D eigenvalue weighted by Gasteiger charge is 2.12. The number of fused-ring (bicyclic) bond motifs is 3. The highest BCUT2D eigenvalue weighted by atomic mass is 35.5. The maximum absolute atomic E-state index is 6.55. The third kappa shape index (κ3) is 4.14. The molecule has 0 aliphatic rings. The monoisotopic (exact) mass is 452 g/mol. The molecule has 5 nitrogen and oxygen atoms in total. The summed E-state index contributed by atoms with van der Waals surface area (Å²) in [5.74, 6) is 7.18. The first-order valence-corrected chi connectivity index (χ1v) is 10.9. The molecule has 2 heterocycles. The minimum absolute atomic E-state index is 0.563. The van der Waals surface area contributed by atoms with Crippen molar-refractivity contribution in [2.24, 2.45) is 5.73 Å². The molecule has 5 aromatic rings. The fourth-order valence-corrected chi connectivity index (χ4v) is 4.01. The number of nitrogens with zero attached hydrogens (tertiary/aromatic N) is 3. The maximum Gasteiger partial charge on any atom is 0.118 e. The van der Waals surface area contributed by atoms with Gasteiger partial charge in [-0.2, -0.15) is 0 Å². The Balaban J connectivity index is 1.62. The Hall–Kier alpha value is -3.85. The smallest absolute Gasteiger partial charge is 0.118 e. The van der Waals surface area contributed by atoms with Crippen LogP contribution in [0.4, 0.5) is 0 Å². The van der Waals surface area contributed by atoms with Crippen LogP contribution in [-0.2, 0) is 6.42 Å². The lowest BCUT2D eigenvalue weighted by atomic mass is 10.1. The number of imidazole rings is 1. The molecule has 0 unspecified atom stereocenters. The van der Waals surface area contributed by atoms with Crippen molar-refractivity contribution in [3.63, 3.8) is 0 Å². The molecule has 0 aliphatic heterocycles. The van der Waals surface area contributed by atoms with Crippen LogP contribution in [-0.4, -0.2) is 28.2 Å². The van der Waals surface area contributed by atoms with Gasteiger partial charge in [-0.05, 0) is 67.1 Å². The van der Waals surface area contributed by atoms with Crippen LogP contribution < -0.4 is 10.5 Å². The minimum atomic E-state index is 0.563. The maximum atomic E-state index is 6.55. The first-order valence-electron chi connectivity index (χ1n) is 10.6. The number of hydrogen-bond donors (Lipinski definition) is 1. The van der Waals surface area contributed by atoms with E-state index in [9.17, 15) is 0 Å². The number of hydrogen-bond acceptors (Lipinski definition) is 4. The standard InChI is InChI=1S/C27H21ClN4O/c1-33-22-10-5-18(6-11-22)2-7-20-14-23-25(15-24(20)28)30-16-26-27(23)32(17-31-26)21-8-3-19(4-9-21)12-13-29/h3-6,8-11,14-17H,12-13,29H2,1H3. The molecule has 2 aromatic heterocycles. The zero-order valence-electron chi connectivity index (χ0n) is 18.0. The van der Waals surface area contributed by atoms with E-state index in [0.29, 0.717) is 11.6 Å². The molecule has 162 valence electrons. The van der Waals surface area contributed by atoms with Gasteiger partial charge in [-0.25, -0.2) is 4.98 Å². The van der Waals surface area contributed by atoms with Gasteiger partial charge < -0.3 is 10.5 Å². The van der Waals surface area contributed by atoms with Crippen LogP contribution in [0.2, 0.25) is 5.02 Å². The topological polar surface area (TPSA) is 66.0 Å². The molecular weight excluding hydrogens is 432 g/mol. The number of halogens is 1. The van der Waals surface area contributed by atoms with E-state index in [-0.39, 0.29) is 0 Å². The van der Waals surface area contributed by atoms with Gasteiger partial charge in [0, 0.05) is 22.2 Å². The summed E-state index contributed by atoms with van der Waals surface area (Å²) in [4.78, 5) is 9.12. The van der Waals surface area contributed by atoms with E-state index in [1.54, 1.807) is 13.3 Å². The van der Waals surface area contributed by atoms with Crippen molar-refractivity contribution in [1.82, 2.24) is 14.5 Å². The molecule has 3 aromatic carbocycles. The molecule has 33 heavy (non-hydrogen) atoms. The normalized spacial score (nSPS) is 10.9. The first-order chi connectivity index (χ1) is 16.2. The highest BCUT2D eigenvalue weighted by molar-refractivity contribution is 6.32. The molecule has 0 saturated carbocycles. The van der Waals surface area contributed by atoms with E-state index in [4.69, 9.17) is 22.1 Å². The van der Waals surface area contributed by atoms with Crippen molar-refractivity contribution >= 4 is 33.5 Å². The molecular formula is C27H21ClN4O. The molecule has 0 amide bonds. The summed E-state index contributed by atoms with van der Waals surface area (Å²) in [6.45, 7) is 0.630. The number of aromatic nitrogens is 3. The summed E-state index contributed by atoms with van der Waals surface area (Å²) in [5, 5.41) is 1.51. The van der Waals surface area contributed by atoms with Crippen LogP contribution >= 0.6 is 11.6 Å². The number of pyridine rings is 1. The Morgan fingerprint density at radius 1 is 0.970 bits per heavy atom. The molecule has 0 atom stereocenters. The second kappa shape index (κ2) is 8.95. The average molecular weight is 453 g/mol. The van der Waals surface area contributed by atoms with Crippen molar-refractivity contribution in [2.75, 3.05) is 13.7 Å². The Morgan fingerprint density at radius 2 is 1.76 bits per heavy atom. The van der Waals surface area contributed by atoms with E-state index in [1.165, 1.54) is 5.56 Å². The largest absolute Gasteiger partial charge is 0.497 e. The average Bonchev–Trinajstić information content (AvgIpc) is 3.28. The van der Waals surface area contributed by atoms with Crippen molar-refractivity contribution in [3.8, 4) is 23.3 Å². The Bertz CT molecular complexity index is 1510. The van der Waals surface area contributed by atoms with Crippen LogP contribution in [0, 0.1) is 11.8 Å². The van der Waals surface area contributed by atoms with E-state index < -0.39 is 0 Å². The van der Waals surface area contributed by atoms with Crippen LogP contribution in [0.3, 0.4) is 0 Å². The zero-order valence-corrected chi connectivity index (χ0v) is 18.8. The molecule has 0 spiro atoms. The lowest BCUT2D eigenvalue weighted by Crippen LogP contribution is -2.02. The molecule has 0 bridgehead atoms. The molecule has 5 rings (SSSR count). The Labute approximate surface area is 196 Å². The van der Waals surface area contributed by atoms with Crippen LogP contribution in [0.25, 0.3) is 27.6 Å². The SMILES string of the molecule is COc1ccc(C#Cc2cc3c(cc2Cl)ncc2ncn(-c4ccc(CCN)cc4)c23)cc1. The van der Waals surface area contributed by atoms with Crippen molar-refractivity contribution < 1.29 is 4.74 Å². The molecule has 6 heteroatoms. The number of rotatable bonds is 4. The van der Waals surface area contributed by atoms with E-state index in [2.05, 4.69) is 50.6 Å². The molecule has 0 aliphatic carbocycles. The van der Waals surface area contributed by atoms with E-state index >= 15 is 0 Å². The van der Waals surface area contributed by atoms with Gasteiger partial charge in [-0.1, -0.05) is 35.6 Å². The Morgan fingerprint density at radius 3 is 2.48 bits per heavy atom. The summed E-state index contributed by atoms with van der Waals surface area (Å²) >= 11 is 6.55. The number of methoxy groups -OCH3 is 1. The van der Waals surface area contributed by atoms with Crippen molar-refractivity contribution in [3.05, 3.63) is 94.9 Å². The highest BCUT2D eigenvalue weighted by Crippen LogP contribution is 2.30. The van der Waals surface area contributed by atoms with Gasteiger partial charge in [-0.15, -0.1) is 0 Å². The van der Waals surface area contributed by atoms with Gasteiger partial charge >= 0.3 is 0 Å². The molecule has 0 fully saturated rings. The first kappa shape index (κ1) is 21.0. The molecule has 0 saturated heterocycles. The van der Waals surface area contributed by atoms with Crippen LogP contribution in [0.5, 0.6) is 5.75 Å². The van der Waals surface area contributed by atoms with Gasteiger partial charge in [0.1, 0.15) is 17.6 Å². The fourth-order valence-electron chi connectivity index (χ4n) is 3.81. The summed E-state index contributed by atoms with van der Waals surface area (Å²) < 4.78 is 7.28. The third-order valence-corrected chi connectivity index (χ3v) is 5.85. The lowest BCUT2D eigenvalue weighted by Gasteiger charge is -2.09. The number of nitrogens with two attached hydrogens (primary N) is 1. The van der Waals surface area contributed by atoms with E-state index in [0.717, 1.165) is 50.9 Å². The van der Waals surface area contributed by atoms with Gasteiger partial charge in [0.15, 0.2) is 0 Å². The van der Waals surface area contributed by atoms with Crippen molar-refractivity contribution in [1.29, 1.82) is 0 Å². The second-order valence-electron chi connectivity index (χ2n) is 7.64. The third-order valence-electron chi connectivity index (χ3n) is 5.54. The lowest BCUT2D eigenvalue weighted by molar-refractivity contribution is 0.415. The summed E-state index contributed by atoms with van der Waals surface area (Å²) in [6, 6.07) is 19.8. The quantitative estimate of drug-likeness (QED) is 0.383. The predicted octanol–water partition coefficient (Wildman–Crippen LogP) is 5.14. The van der Waals surface area contributed by atoms with Gasteiger partial charge in [0.05, 0.1) is 29.4 Å². The summed E-state index contributed by atoms with van der Waals surface area (Å²) in [6.07, 6.45) is 4.45. The molecule has 0 radical (unpaired) electrons. The predicted molar refractivity (Wildman–Crippen MR) is 133 cm³/mol. The molecule has 2 N–H and O–H groups in total. The van der Waals surface area contributed by atoms with Gasteiger partial charge in [0.25, 0.3) is 0 Å². The second-order valence-corrected chi connectivity index (χ2v) is 8.05. The van der Waals surface area contributed by atoms with Gasteiger partial charge in [0.2, 0.25) is 0 Å². The number of benzene rings is 3. The fraction of sp³-hybridized carbons (Fsp3) is 0.111. The zero-order chi connectivity index (χ0) is 22.8. The van der Waals surface area contributed by atoms with Crippen LogP contribution in [0.15, 0.2) is 73.2 Å². The van der Waals surface area contributed by atoms with E-state index in [1.807, 2.05) is 42.7 Å². The number of ether oxygens (including phenoxy) is 1. The summed E-state index contributed by atoms with van der Waals surface area (Å²) in [5.41, 5.74) is 12.1.